The van der Waals surface area contributed by atoms with Crippen molar-refractivity contribution in [2.75, 3.05) is 0 Å². The number of hydrogen-bond acceptors (Lipinski definition) is 3. The van der Waals surface area contributed by atoms with E-state index in [1.807, 2.05) is 25.1 Å². The van der Waals surface area contributed by atoms with Gasteiger partial charge in [-0.1, -0.05) is 18.2 Å². The van der Waals surface area contributed by atoms with Crippen LogP contribution in [-0.4, -0.2) is 4.98 Å². The number of hydrogen-bond donors (Lipinski definition) is 1. The van der Waals surface area contributed by atoms with Crippen molar-refractivity contribution in [1.29, 1.82) is 0 Å². The van der Waals surface area contributed by atoms with Crippen LogP contribution in [0.2, 0.25) is 0 Å². The molecule has 0 fully saturated rings. The van der Waals surface area contributed by atoms with E-state index in [0.29, 0.717) is 0 Å². The molecule has 1 aromatic carbocycles. The summed E-state index contributed by atoms with van der Waals surface area (Å²) in [7, 11) is 0. The Balaban J connectivity index is 2.06. The Bertz CT molecular complexity index is 674. The largest absolute Gasteiger partial charge is 0.320 e. The molecule has 0 aliphatic carbocycles. The third-order valence-corrected chi connectivity index (χ3v) is 4.02. The number of nitrogens with two attached hydrogens (primary N) is 1. The Morgan fingerprint density at radius 3 is 2.83 bits per heavy atom. The molecule has 0 aliphatic rings. The van der Waals surface area contributed by atoms with E-state index in [-0.39, 0.29) is 6.04 Å². The smallest absolute Gasteiger partial charge is 0.0705 e. The molecule has 2 aromatic heterocycles. The van der Waals surface area contributed by atoms with E-state index in [1.54, 1.807) is 11.3 Å². The van der Waals surface area contributed by atoms with Gasteiger partial charge in [0.05, 0.1) is 11.6 Å². The number of nitrogens with zero attached hydrogens (tertiary/aromatic N) is 1. The molecule has 0 amide bonds. The van der Waals surface area contributed by atoms with Gasteiger partial charge in [0.2, 0.25) is 0 Å². The highest BCUT2D eigenvalue weighted by atomic mass is 32.1. The lowest BCUT2D eigenvalue weighted by Gasteiger charge is -2.11. The molecule has 2 nitrogen and oxygen atoms in total. The van der Waals surface area contributed by atoms with Crippen LogP contribution in [0.15, 0.2) is 47.8 Å². The second kappa shape index (κ2) is 4.52. The van der Waals surface area contributed by atoms with E-state index in [1.165, 1.54) is 4.88 Å². The van der Waals surface area contributed by atoms with Crippen LogP contribution in [0.3, 0.4) is 0 Å². The maximum absolute atomic E-state index is 6.27. The van der Waals surface area contributed by atoms with Gasteiger partial charge < -0.3 is 5.73 Å². The molecule has 2 N–H and O–H groups in total. The third kappa shape index (κ3) is 2.03. The minimum absolute atomic E-state index is 0.0456. The second-order valence-electron chi connectivity index (χ2n) is 4.40. The van der Waals surface area contributed by atoms with Crippen LogP contribution in [-0.2, 0) is 0 Å². The maximum atomic E-state index is 6.27. The lowest BCUT2D eigenvalue weighted by molar-refractivity contribution is 0.895. The topological polar surface area (TPSA) is 38.9 Å². The monoisotopic (exact) mass is 254 g/mol. The van der Waals surface area contributed by atoms with Gasteiger partial charge in [0.15, 0.2) is 0 Å². The maximum Gasteiger partial charge on any atom is 0.0705 e. The Hall–Kier alpha value is -1.71. The summed E-state index contributed by atoms with van der Waals surface area (Å²) in [5, 5.41) is 3.20. The Labute approximate surface area is 110 Å². The fourth-order valence-electron chi connectivity index (χ4n) is 2.07. The molecule has 0 saturated carbocycles. The minimum atomic E-state index is -0.0456. The van der Waals surface area contributed by atoms with E-state index < -0.39 is 0 Å². The lowest BCUT2D eigenvalue weighted by Crippen LogP contribution is -2.09. The lowest BCUT2D eigenvalue weighted by atomic mass is 10.0. The molecule has 90 valence electrons. The molecule has 3 heteroatoms. The molecule has 0 saturated heterocycles. The van der Waals surface area contributed by atoms with Crippen molar-refractivity contribution in [3.05, 3.63) is 64.0 Å². The van der Waals surface area contributed by atoms with Crippen LogP contribution in [0.4, 0.5) is 0 Å². The molecule has 0 aliphatic heterocycles. The van der Waals surface area contributed by atoms with Crippen LogP contribution >= 0.6 is 11.3 Å². The van der Waals surface area contributed by atoms with Crippen molar-refractivity contribution < 1.29 is 0 Å². The van der Waals surface area contributed by atoms with Gasteiger partial charge in [-0.2, -0.15) is 0 Å². The molecular weight excluding hydrogens is 240 g/mol. The summed E-state index contributed by atoms with van der Waals surface area (Å²) >= 11 is 1.69. The zero-order valence-corrected chi connectivity index (χ0v) is 10.9. The van der Waals surface area contributed by atoms with Gasteiger partial charge in [0, 0.05) is 16.0 Å². The molecule has 1 atom stereocenters. The highest BCUT2D eigenvalue weighted by molar-refractivity contribution is 7.10. The fourth-order valence-corrected chi connectivity index (χ4v) is 2.83. The number of fused-ring (bicyclic) bond motifs is 1. The third-order valence-electron chi connectivity index (χ3n) is 3.06. The average molecular weight is 254 g/mol. The van der Waals surface area contributed by atoms with E-state index in [4.69, 9.17) is 5.73 Å². The molecule has 0 radical (unpaired) electrons. The van der Waals surface area contributed by atoms with E-state index in [9.17, 15) is 0 Å². The fraction of sp³-hybridized carbons (Fsp3) is 0.133. The van der Waals surface area contributed by atoms with Crippen molar-refractivity contribution in [3.8, 4) is 0 Å². The SMILES string of the molecule is Cc1ccc2cc(C(N)c3cccs3)ccc2n1. The quantitative estimate of drug-likeness (QED) is 0.758. The first kappa shape index (κ1) is 11.4. The highest BCUT2D eigenvalue weighted by Gasteiger charge is 2.10. The molecule has 18 heavy (non-hydrogen) atoms. The van der Waals surface area contributed by atoms with Gasteiger partial charge in [-0.3, -0.25) is 4.98 Å². The van der Waals surface area contributed by atoms with Crippen LogP contribution < -0.4 is 5.73 Å². The number of aryl methyl sites for hydroxylation is 1. The average Bonchev–Trinajstić information content (AvgIpc) is 2.91. The molecule has 2 heterocycles. The first-order valence-electron chi connectivity index (χ1n) is 5.90. The Kier molecular flexibility index (Phi) is 2.86. The van der Waals surface area contributed by atoms with Gasteiger partial charge in [-0.05, 0) is 42.1 Å². The number of rotatable bonds is 2. The minimum Gasteiger partial charge on any atom is -0.320 e. The first-order chi connectivity index (χ1) is 8.74. The molecule has 0 bridgehead atoms. The predicted molar refractivity (Wildman–Crippen MR) is 76.8 cm³/mol. The van der Waals surface area contributed by atoms with Gasteiger partial charge >= 0.3 is 0 Å². The van der Waals surface area contributed by atoms with E-state index >= 15 is 0 Å². The normalized spacial score (nSPS) is 12.8. The molecule has 0 spiro atoms. The van der Waals surface area contributed by atoms with Gasteiger partial charge in [-0.15, -0.1) is 11.3 Å². The molecular formula is C15H14N2S. The summed E-state index contributed by atoms with van der Waals surface area (Å²) in [5.74, 6) is 0. The predicted octanol–water partition coefficient (Wildman–Crippen LogP) is 3.65. The summed E-state index contributed by atoms with van der Waals surface area (Å²) in [6.07, 6.45) is 0. The Morgan fingerprint density at radius 2 is 2.06 bits per heavy atom. The summed E-state index contributed by atoms with van der Waals surface area (Å²) in [6, 6.07) is 14.4. The zero-order valence-electron chi connectivity index (χ0n) is 10.1. The first-order valence-corrected chi connectivity index (χ1v) is 6.78. The van der Waals surface area contributed by atoms with Gasteiger partial charge in [0.1, 0.15) is 0 Å². The molecule has 3 aromatic rings. The van der Waals surface area contributed by atoms with Crippen LogP contribution in [0.25, 0.3) is 10.9 Å². The van der Waals surface area contributed by atoms with E-state index in [0.717, 1.165) is 22.2 Å². The van der Waals surface area contributed by atoms with Gasteiger partial charge in [-0.25, -0.2) is 0 Å². The van der Waals surface area contributed by atoms with Crippen molar-refractivity contribution in [3.63, 3.8) is 0 Å². The number of pyridine rings is 1. The summed E-state index contributed by atoms with van der Waals surface area (Å²) in [5.41, 5.74) is 9.47. The van der Waals surface area contributed by atoms with Crippen molar-refractivity contribution in [1.82, 2.24) is 4.98 Å². The van der Waals surface area contributed by atoms with Gasteiger partial charge in [0.25, 0.3) is 0 Å². The van der Waals surface area contributed by atoms with Crippen LogP contribution in [0.1, 0.15) is 22.2 Å². The summed E-state index contributed by atoms with van der Waals surface area (Å²) < 4.78 is 0. The van der Waals surface area contributed by atoms with Crippen molar-refractivity contribution >= 4 is 22.2 Å². The summed E-state index contributed by atoms with van der Waals surface area (Å²) in [4.78, 5) is 5.69. The number of aromatic nitrogens is 1. The Morgan fingerprint density at radius 1 is 1.17 bits per heavy atom. The van der Waals surface area contributed by atoms with E-state index in [2.05, 4.69) is 34.6 Å². The van der Waals surface area contributed by atoms with Crippen molar-refractivity contribution in [2.24, 2.45) is 5.73 Å². The molecule has 1 unspecified atom stereocenters. The second-order valence-corrected chi connectivity index (χ2v) is 5.38. The summed E-state index contributed by atoms with van der Waals surface area (Å²) in [6.45, 7) is 2.00. The molecule has 3 rings (SSSR count). The highest BCUT2D eigenvalue weighted by Crippen LogP contribution is 2.26. The number of thiophene rings is 1. The van der Waals surface area contributed by atoms with Crippen molar-refractivity contribution in [2.45, 2.75) is 13.0 Å². The van der Waals surface area contributed by atoms with Crippen LogP contribution in [0.5, 0.6) is 0 Å². The van der Waals surface area contributed by atoms with Crippen LogP contribution in [0, 0.1) is 6.92 Å². The standard InChI is InChI=1S/C15H14N2S/c1-10-4-5-11-9-12(6-7-13(11)17-10)15(16)14-3-2-8-18-14/h2-9,15H,16H2,1H3. The number of benzene rings is 1. The zero-order chi connectivity index (χ0) is 12.5.